The minimum Gasteiger partial charge on any atom is -0.383 e. The van der Waals surface area contributed by atoms with Gasteiger partial charge in [0.15, 0.2) is 5.96 Å². The van der Waals surface area contributed by atoms with Gasteiger partial charge in [0.25, 0.3) is 0 Å². The summed E-state index contributed by atoms with van der Waals surface area (Å²) in [4.78, 5) is 8.09. The van der Waals surface area contributed by atoms with Gasteiger partial charge in [0.2, 0.25) is 0 Å². The third-order valence-corrected chi connectivity index (χ3v) is 2.29. The number of nitrogens with zero attached hydrogens (tertiary/aromatic N) is 2. The van der Waals surface area contributed by atoms with Crippen molar-refractivity contribution in [3.8, 4) is 0 Å². The summed E-state index contributed by atoms with van der Waals surface area (Å²) >= 11 is 5.70. The molecule has 0 saturated heterocycles. The van der Waals surface area contributed by atoms with E-state index in [4.69, 9.17) is 16.3 Å². The van der Waals surface area contributed by atoms with Crippen molar-refractivity contribution in [3.63, 3.8) is 0 Å². The second-order valence-corrected chi connectivity index (χ2v) is 3.72. The van der Waals surface area contributed by atoms with Crippen LogP contribution in [0.3, 0.4) is 0 Å². The fourth-order valence-corrected chi connectivity index (χ4v) is 1.30. The summed E-state index contributed by atoms with van der Waals surface area (Å²) in [5.74, 6) is 0.733. The number of aromatic nitrogens is 1. The highest BCUT2D eigenvalue weighted by Crippen LogP contribution is 2.04. The van der Waals surface area contributed by atoms with Gasteiger partial charge in [0.05, 0.1) is 6.61 Å². The number of aliphatic imine (C=N–C) groups is 1. The third kappa shape index (κ3) is 6.97. The van der Waals surface area contributed by atoms with E-state index in [1.807, 2.05) is 6.07 Å². The molecule has 18 heavy (non-hydrogen) atoms. The van der Waals surface area contributed by atoms with Gasteiger partial charge in [-0.1, -0.05) is 17.7 Å². The van der Waals surface area contributed by atoms with Crippen LogP contribution in [0.15, 0.2) is 23.3 Å². The Hall–Kier alpha value is -0.600. The molecule has 0 atom stereocenters. The SMILES string of the molecule is CN=C(NCCOC)NCc1ccc(Cl)nc1.I. The summed E-state index contributed by atoms with van der Waals surface area (Å²) in [6.07, 6.45) is 1.73. The number of pyridine rings is 1. The Morgan fingerprint density at radius 1 is 1.44 bits per heavy atom. The number of halogens is 2. The van der Waals surface area contributed by atoms with Gasteiger partial charge in [-0.3, -0.25) is 4.99 Å². The van der Waals surface area contributed by atoms with Crippen LogP contribution >= 0.6 is 35.6 Å². The maximum Gasteiger partial charge on any atom is 0.191 e. The zero-order chi connectivity index (χ0) is 12.5. The van der Waals surface area contributed by atoms with E-state index in [0.29, 0.717) is 18.3 Å². The fourth-order valence-electron chi connectivity index (χ4n) is 1.19. The van der Waals surface area contributed by atoms with Gasteiger partial charge >= 0.3 is 0 Å². The topological polar surface area (TPSA) is 58.5 Å². The van der Waals surface area contributed by atoms with E-state index < -0.39 is 0 Å². The smallest absolute Gasteiger partial charge is 0.191 e. The highest BCUT2D eigenvalue weighted by atomic mass is 127. The molecule has 1 aromatic heterocycles. The van der Waals surface area contributed by atoms with Crippen LogP contribution in [0.1, 0.15) is 5.56 Å². The monoisotopic (exact) mass is 384 g/mol. The predicted molar refractivity (Wildman–Crippen MR) is 84.7 cm³/mol. The molecule has 0 saturated carbocycles. The van der Waals surface area contributed by atoms with E-state index in [-0.39, 0.29) is 24.0 Å². The first-order valence-electron chi connectivity index (χ1n) is 5.30. The van der Waals surface area contributed by atoms with Crippen molar-refractivity contribution in [2.45, 2.75) is 6.54 Å². The summed E-state index contributed by atoms with van der Waals surface area (Å²) < 4.78 is 4.94. The van der Waals surface area contributed by atoms with Crippen LogP contribution < -0.4 is 10.6 Å². The van der Waals surface area contributed by atoms with Gasteiger partial charge in [-0.15, -0.1) is 24.0 Å². The molecule has 0 aliphatic rings. The Bertz CT molecular complexity index is 359. The second-order valence-electron chi connectivity index (χ2n) is 3.33. The average molecular weight is 385 g/mol. The van der Waals surface area contributed by atoms with Crippen molar-refractivity contribution >= 4 is 41.5 Å². The molecule has 5 nitrogen and oxygen atoms in total. The summed E-state index contributed by atoms with van der Waals surface area (Å²) in [6.45, 7) is 2.01. The summed E-state index contributed by atoms with van der Waals surface area (Å²) in [6, 6.07) is 3.68. The number of nitrogens with one attached hydrogen (secondary N) is 2. The lowest BCUT2D eigenvalue weighted by Crippen LogP contribution is -2.38. The molecule has 0 unspecified atom stereocenters. The van der Waals surface area contributed by atoms with E-state index in [2.05, 4.69) is 20.6 Å². The first-order valence-corrected chi connectivity index (χ1v) is 5.68. The highest BCUT2D eigenvalue weighted by molar-refractivity contribution is 14.0. The van der Waals surface area contributed by atoms with E-state index in [1.165, 1.54) is 0 Å². The van der Waals surface area contributed by atoms with Crippen molar-refractivity contribution in [2.75, 3.05) is 27.3 Å². The Balaban J connectivity index is 0.00000289. The maximum atomic E-state index is 5.70. The number of hydrogen-bond acceptors (Lipinski definition) is 3. The molecule has 0 fully saturated rings. The van der Waals surface area contributed by atoms with Crippen LogP contribution in [0.4, 0.5) is 0 Å². The quantitative estimate of drug-likeness (QED) is 0.267. The van der Waals surface area contributed by atoms with Crippen LogP contribution in [0.2, 0.25) is 5.15 Å². The normalized spacial score (nSPS) is 10.7. The Labute approximate surface area is 129 Å². The molecule has 0 bridgehead atoms. The first kappa shape index (κ1) is 17.4. The fraction of sp³-hybridized carbons (Fsp3) is 0.455. The van der Waals surface area contributed by atoms with Crippen LogP contribution in [0.25, 0.3) is 0 Å². The number of guanidine groups is 1. The Kier molecular flexibility index (Phi) is 9.99. The van der Waals surface area contributed by atoms with Crippen LogP contribution in [0.5, 0.6) is 0 Å². The van der Waals surface area contributed by atoms with E-state index in [9.17, 15) is 0 Å². The number of hydrogen-bond donors (Lipinski definition) is 2. The molecular formula is C11H18ClIN4O. The Morgan fingerprint density at radius 3 is 2.78 bits per heavy atom. The lowest BCUT2D eigenvalue weighted by molar-refractivity contribution is 0.203. The lowest BCUT2D eigenvalue weighted by Gasteiger charge is -2.11. The molecule has 7 heteroatoms. The molecule has 1 rings (SSSR count). The van der Waals surface area contributed by atoms with Crippen LogP contribution in [0, 0.1) is 0 Å². The van der Waals surface area contributed by atoms with Crippen molar-refractivity contribution in [2.24, 2.45) is 4.99 Å². The van der Waals surface area contributed by atoms with Gasteiger partial charge in [-0.25, -0.2) is 4.98 Å². The van der Waals surface area contributed by atoms with Crippen molar-refractivity contribution in [1.29, 1.82) is 0 Å². The third-order valence-electron chi connectivity index (χ3n) is 2.07. The van der Waals surface area contributed by atoms with Crippen LogP contribution in [-0.2, 0) is 11.3 Å². The minimum atomic E-state index is 0. The van der Waals surface area contributed by atoms with Crippen molar-refractivity contribution < 1.29 is 4.74 Å². The van der Waals surface area contributed by atoms with Crippen LogP contribution in [-0.4, -0.2) is 38.3 Å². The second kappa shape index (κ2) is 10.3. The molecule has 2 N–H and O–H groups in total. The molecule has 102 valence electrons. The van der Waals surface area contributed by atoms with Gasteiger partial charge in [0.1, 0.15) is 5.15 Å². The summed E-state index contributed by atoms with van der Waals surface area (Å²) in [7, 11) is 3.39. The largest absolute Gasteiger partial charge is 0.383 e. The van der Waals surface area contributed by atoms with Crippen molar-refractivity contribution in [3.05, 3.63) is 29.0 Å². The van der Waals surface area contributed by atoms with E-state index >= 15 is 0 Å². The van der Waals surface area contributed by atoms with E-state index in [0.717, 1.165) is 18.1 Å². The van der Waals surface area contributed by atoms with Gasteiger partial charge < -0.3 is 15.4 Å². The number of methoxy groups -OCH3 is 1. The zero-order valence-electron chi connectivity index (χ0n) is 10.4. The summed E-state index contributed by atoms with van der Waals surface area (Å²) in [5, 5.41) is 6.78. The van der Waals surface area contributed by atoms with Crippen molar-refractivity contribution in [1.82, 2.24) is 15.6 Å². The molecule has 0 spiro atoms. The van der Waals surface area contributed by atoms with E-state index in [1.54, 1.807) is 26.4 Å². The lowest BCUT2D eigenvalue weighted by atomic mass is 10.3. The molecule has 1 aromatic rings. The minimum absolute atomic E-state index is 0. The molecule has 0 amide bonds. The standard InChI is InChI=1S/C11H17ClN4O.HI/c1-13-11(14-5-6-17-2)16-8-9-3-4-10(12)15-7-9;/h3-4,7H,5-6,8H2,1-2H3,(H2,13,14,16);1H. The van der Waals surface area contributed by atoms with Gasteiger partial charge in [0, 0.05) is 33.4 Å². The number of ether oxygens (including phenoxy) is 1. The number of rotatable bonds is 5. The predicted octanol–water partition coefficient (Wildman–Crippen LogP) is 1.66. The molecular weight excluding hydrogens is 367 g/mol. The highest BCUT2D eigenvalue weighted by Gasteiger charge is 1.98. The molecule has 1 heterocycles. The molecule has 0 aromatic carbocycles. The molecule has 0 radical (unpaired) electrons. The molecule has 0 aliphatic heterocycles. The first-order chi connectivity index (χ1) is 8.26. The van der Waals surface area contributed by atoms with Gasteiger partial charge in [-0.05, 0) is 11.6 Å². The Morgan fingerprint density at radius 2 is 2.22 bits per heavy atom. The van der Waals surface area contributed by atoms with Gasteiger partial charge in [-0.2, -0.15) is 0 Å². The molecule has 0 aliphatic carbocycles. The average Bonchev–Trinajstić information content (AvgIpc) is 2.35. The maximum absolute atomic E-state index is 5.70. The summed E-state index contributed by atoms with van der Waals surface area (Å²) in [5.41, 5.74) is 1.05. The zero-order valence-corrected chi connectivity index (χ0v) is 13.5.